The SMILES string of the molecule is COc1ccc(Cl)cc1CN(C)C(=O)Cc1ccc(OC)c(OC)c1OC. The molecule has 0 N–H and O–H groups in total. The van der Waals surface area contributed by atoms with E-state index >= 15 is 0 Å². The molecule has 0 aliphatic rings. The topological polar surface area (TPSA) is 57.2 Å². The zero-order valence-electron chi connectivity index (χ0n) is 16.2. The highest BCUT2D eigenvalue weighted by molar-refractivity contribution is 6.30. The van der Waals surface area contributed by atoms with Gasteiger partial charge < -0.3 is 23.8 Å². The van der Waals surface area contributed by atoms with Gasteiger partial charge in [-0.3, -0.25) is 4.79 Å². The number of methoxy groups -OCH3 is 4. The van der Waals surface area contributed by atoms with Crippen LogP contribution >= 0.6 is 11.6 Å². The van der Waals surface area contributed by atoms with Crippen LogP contribution in [0.25, 0.3) is 0 Å². The maximum absolute atomic E-state index is 12.7. The average molecular weight is 394 g/mol. The molecule has 0 aliphatic carbocycles. The van der Waals surface area contributed by atoms with Crippen molar-refractivity contribution in [2.24, 2.45) is 0 Å². The normalized spacial score (nSPS) is 10.3. The van der Waals surface area contributed by atoms with E-state index in [-0.39, 0.29) is 12.3 Å². The lowest BCUT2D eigenvalue weighted by atomic mass is 10.1. The lowest BCUT2D eigenvalue weighted by Gasteiger charge is -2.21. The Hall–Kier alpha value is -2.60. The third-order valence-electron chi connectivity index (χ3n) is 4.20. The molecule has 0 atom stereocenters. The second-order valence-corrected chi connectivity index (χ2v) is 6.31. The Labute approximate surface area is 164 Å². The highest BCUT2D eigenvalue weighted by atomic mass is 35.5. The maximum Gasteiger partial charge on any atom is 0.227 e. The predicted molar refractivity (Wildman–Crippen MR) is 104 cm³/mol. The first-order valence-electron chi connectivity index (χ1n) is 8.29. The van der Waals surface area contributed by atoms with E-state index in [1.54, 1.807) is 56.5 Å². The molecule has 1 amide bonds. The number of rotatable bonds is 8. The molecule has 0 saturated carbocycles. The number of carbonyl (C=O) groups excluding carboxylic acids is 1. The van der Waals surface area contributed by atoms with Gasteiger partial charge in [-0.05, 0) is 24.3 Å². The summed E-state index contributed by atoms with van der Waals surface area (Å²) in [6.45, 7) is 0.373. The van der Waals surface area contributed by atoms with Gasteiger partial charge in [0.25, 0.3) is 0 Å². The fourth-order valence-corrected chi connectivity index (χ4v) is 3.01. The highest BCUT2D eigenvalue weighted by Gasteiger charge is 2.20. The Kier molecular flexibility index (Phi) is 7.19. The zero-order valence-corrected chi connectivity index (χ0v) is 16.9. The molecule has 2 rings (SSSR count). The van der Waals surface area contributed by atoms with Crippen LogP contribution in [0.3, 0.4) is 0 Å². The van der Waals surface area contributed by atoms with Gasteiger partial charge in [-0.1, -0.05) is 17.7 Å². The Morgan fingerprint density at radius 3 is 2.11 bits per heavy atom. The second-order valence-electron chi connectivity index (χ2n) is 5.88. The minimum Gasteiger partial charge on any atom is -0.496 e. The summed E-state index contributed by atoms with van der Waals surface area (Å²) in [6, 6.07) is 8.88. The van der Waals surface area contributed by atoms with E-state index in [0.29, 0.717) is 40.1 Å². The first kappa shape index (κ1) is 20.7. The van der Waals surface area contributed by atoms with Crippen molar-refractivity contribution in [1.82, 2.24) is 4.90 Å². The van der Waals surface area contributed by atoms with Crippen LogP contribution in [0.5, 0.6) is 23.0 Å². The number of amides is 1. The van der Waals surface area contributed by atoms with Crippen LogP contribution in [-0.2, 0) is 17.8 Å². The quantitative estimate of drug-likeness (QED) is 0.686. The average Bonchev–Trinajstić information content (AvgIpc) is 2.67. The van der Waals surface area contributed by atoms with Gasteiger partial charge in [0.15, 0.2) is 11.5 Å². The molecule has 0 aliphatic heterocycles. The number of halogens is 1. The molecule has 146 valence electrons. The summed E-state index contributed by atoms with van der Waals surface area (Å²) >= 11 is 6.07. The van der Waals surface area contributed by atoms with E-state index in [9.17, 15) is 4.79 Å². The molecule has 0 aromatic heterocycles. The van der Waals surface area contributed by atoms with E-state index in [1.165, 1.54) is 14.2 Å². The van der Waals surface area contributed by atoms with Crippen molar-refractivity contribution in [3.63, 3.8) is 0 Å². The van der Waals surface area contributed by atoms with Crippen LogP contribution in [0.2, 0.25) is 5.02 Å². The van der Waals surface area contributed by atoms with Crippen molar-refractivity contribution < 1.29 is 23.7 Å². The lowest BCUT2D eigenvalue weighted by molar-refractivity contribution is -0.129. The first-order chi connectivity index (χ1) is 12.9. The molecule has 0 radical (unpaired) electrons. The lowest BCUT2D eigenvalue weighted by Crippen LogP contribution is -2.28. The van der Waals surface area contributed by atoms with E-state index in [0.717, 1.165) is 5.56 Å². The minimum atomic E-state index is -0.0810. The number of likely N-dealkylation sites (N-methyl/N-ethyl adjacent to an activating group) is 1. The molecule has 0 spiro atoms. The fourth-order valence-electron chi connectivity index (χ4n) is 2.81. The van der Waals surface area contributed by atoms with E-state index < -0.39 is 0 Å². The van der Waals surface area contributed by atoms with Gasteiger partial charge in [0, 0.05) is 29.7 Å². The Bertz CT molecular complexity index is 809. The molecule has 27 heavy (non-hydrogen) atoms. The van der Waals surface area contributed by atoms with Crippen LogP contribution in [0.4, 0.5) is 0 Å². The second kappa shape index (κ2) is 9.37. The van der Waals surface area contributed by atoms with E-state index in [1.807, 2.05) is 0 Å². The third kappa shape index (κ3) is 4.77. The summed E-state index contributed by atoms with van der Waals surface area (Å²) in [7, 11) is 7.93. The molecule has 2 aromatic rings. The summed E-state index contributed by atoms with van der Waals surface area (Å²) in [5, 5.41) is 0.591. The van der Waals surface area contributed by atoms with E-state index in [2.05, 4.69) is 0 Å². The van der Waals surface area contributed by atoms with Crippen molar-refractivity contribution in [2.45, 2.75) is 13.0 Å². The fraction of sp³-hybridized carbons (Fsp3) is 0.350. The number of hydrogen-bond donors (Lipinski definition) is 0. The molecule has 0 heterocycles. The summed E-state index contributed by atoms with van der Waals surface area (Å²) < 4.78 is 21.4. The van der Waals surface area contributed by atoms with Crippen LogP contribution < -0.4 is 18.9 Å². The Balaban J connectivity index is 2.21. The van der Waals surface area contributed by atoms with Gasteiger partial charge >= 0.3 is 0 Å². The van der Waals surface area contributed by atoms with Gasteiger partial charge in [-0.15, -0.1) is 0 Å². The van der Waals surface area contributed by atoms with Gasteiger partial charge in [-0.25, -0.2) is 0 Å². The maximum atomic E-state index is 12.7. The molecular weight excluding hydrogens is 370 g/mol. The van der Waals surface area contributed by atoms with Crippen molar-refractivity contribution in [3.8, 4) is 23.0 Å². The summed E-state index contributed by atoms with van der Waals surface area (Å²) in [4.78, 5) is 14.4. The zero-order chi connectivity index (χ0) is 20.0. The number of hydrogen-bond acceptors (Lipinski definition) is 5. The third-order valence-corrected chi connectivity index (χ3v) is 4.44. The van der Waals surface area contributed by atoms with Gasteiger partial charge in [0.1, 0.15) is 5.75 Å². The number of carbonyl (C=O) groups is 1. The molecular formula is C20H24ClNO5. The van der Waals surface area contributed by atoms with Crippen LogP contribution in [-0.4, -0.2) is 46.3 Å². The van der Waals surface area contributed by atoms with Crippen molar-refractivity contribution in [3.05, 3.63) is 46.5 Å². The van der Waals surface area contributed by atoms with Crippen LogP contribution in [0, 0.1) is 0 Å². The van der Waals surface area contributed by atoms with Crippen molar-refractivity contribution >= 4 is 17.5 Å². The highest BCUT2D eigenvalue weighted by Crippen LogP contribution is 2.40. The summed E-state index contributed by atoms with van der Waals surface area (Å²) in [5.74, 6) is 2.09. The predicted octanol–water partition coefficient (Wildman–Crippen LogP) is 3.58. The van der Waals surface area contributed by atoms with Crippen LogP contribution in [0.1, 0.15) is 11.1 Å². The van der Waals surface area contributed by atoms with Gasteiger partial charge in [0.05, 0.1) is 34.9 Å². The number of benzene rings is 2. The largest absolute Gasteiger partial charge is 0.496 e. The summed E-state index contributed by atoms with van der Waals surface area (Å²) in [6.07, 6.45) is 0.156. The standard InChI is InChI=1S/C20H24ClNO5/c1-22(12-14-10-15(21)7-9-16(14)24-2)18(23)11-13-6-8-17(25-3)20(27-5)19(13)26-4/h6-10H,11-12H2,1-5H3. The van der Waals surface area contributed by atoms with E-state index in [4.69, 9.17) is 30.5 Å². The molecule has 2 aromatic carbocycles. The first-order valence-corrected chi connectivity index (χ1v) is 8.67. The van der Waals surface area contributed by atoms with Gasteiger partial charge in [-0.2, -0.15) is 0 Å². The molecule has 0 unspecified atom stereocenters. The number of nitrogens with zero attached hydrogens (tertiary/aromatic N) is 1. The van der Waals surface area contributed by atoms with Crippen LogP contribution in [0.15, 0.2) is 30.3 Å². The molecule has 7 heteroatoms. The van der Waals surface area contributed by atoms with Gasteiger partial charge in [0.2, 0.25) is 11.7 Å². The molecule has 0 saturated heterocycles. The minimum absolute atomic E-state index is 0.0810. The van der Waals surface area contributed by atoms with Crippen molar-refractivity contribution in [1.29, 1.82) is 0 Å². The molecule has 0 bridgehead atoms. The Morgan fingerprint density at radius 1 is 0.889 bits per heavy atom. The number of ether oxygens (including phenoxy) is 4. The Morgan fingerprint density at radius 2 is 1.52 bits per heavy atom. The molecule has 0 fully saturated rings. The smallest absolute Gasteiger partial charge is 0.227 e. The van der Waals surface area contributed by atoms with Crippen molar-refractivity contribution in [2.75, 3.05) is 35.5 Å². The monoisotopic (exact) mass is 393 g/mol. The summed E-state index contributed by atoms with van der Waals surface area (Å²) in [5.41, 5.74) is 1.55. The molecule has 6 nitrogen and oxygen atoms in total.